The van der Waals surface area contributed by atoms with Gasteiger partial charge in [0, 0.05) is 27.5 Å². The molecule has 4 rings (SSSR count). The van der Waals surface area contributed by atoms with Gasteiger partial charge in [0.05, 0.1) is 17.2 Å². The zero-order chi connectivity index (χ0) is 23.6. The Morgan fingerprint density at radius 2 is 1.65 bits per heavy atom. The summed E-state index contributed by atoms with van der Waals surface area (Å²) in [7, 11) is -4.63. The summed E-state index contributed by atoms with van der Waals surface area (Å²) in [5.74, 6) is -0.330. The molecule has 172 valence electrons. The number of nitrogens with two attached hydrogens (primary N) is 1. The normalized spacial score (nSPS) is 13.6. The highest BCUT2D eigenvalue weighted by Gasteiger charge is 2.26. The monoisotopic (exact) mass is 493 g/mol. The smallest absolute Gasteiger partial charge is 0.276 e. The number of nitrogens with one attached hydrogen (secondary N) is 2. The van der Waals surface area contributed by atoms with Gasteiger partial charge in [-0.1, -0.05) is 41.9 Å². The van der Waals surface area contributed by atoms with Crippen LogP contribution >= 0.6 is 11.6 Å². The Bertz CT molecular complexity index is 1480. The summed E-state index contributed by atoms with van der Waals surface area (Å²) in [6, 6.07) is 18.8. The Labute approximate surface area is 201 Å². The van der Waals surface area contributed by atoms with Crippen molar-refractivity contribution in [3.05, 3.63) is 112 Å². The molecule has 1 aliphatic heterocycles. The number of aliphatic imine (C=N–C) groups is 1. The molecule has 34 heavy (non-hydrogen) atoms. The van der Waals surface area contributed by atoms with E-state index in [1.165, 1.54) is 18.2 Å². The van der Waals surface area contributed by atoms with E-state index in [1.54, 1.807) is 54.6 Å². The minimum atomic E-state index is -4.63. The number of amides is 1. The minimum Gasteiger partial charge on any atom is -0.744 e. The maximum Gasteiger partial charge on any atom is 0.276 e. The molecule has 0 radical (unpaired) electrons. The van der Waals surface area contributed by atoms with Crippen molar-refractivity contribution in [1.82, 2.24) is 0 Å². The number of benzene rings is 3. The van der Waals surface area contributed by atoms with Crippen LogP contribution in [-0.2, 0) is 14.9 Å². The van der Waals surface area contributed by atoms with E-state index in [0.29, 0.717) is 33.4 Å². The van der Waals surface area contributed by atoms with Gasteiger partial charge in [0.15, 0.2) is 0 Å². The maximum absolute atomic E-state index is 12.8. The molecule has 9 nitrogen and oxygen atoms in total. The third-order valence-electron chi connectivity index (χ3n) is 4.70. The molecule has 3 aromatic rings. The number of anilines is 2. The topological polar surface area (TPSA) is 149 Å². The number of fused-ring (bicyclic) bond motifs is 1. The summed E-state index contributed by atoms with van der Waals surface area (Å²) in [5.41, 5.74) is 1.91. The van der Waals surface area contributed by atoms with Crippen molar-refractivity contribution in [2.24, 2.45) is 4.99 Å². The van der Waals surface area contributed by atoms with E-state index in [4.69, 9.17) is 18.2 Å². The number of halogens is 1. The number of nitrogens with zero attached hydrogens (tertiary/aromatic N) is 2. The van der Waals surface area contributed by atoms with Crippen molar-refractivity contribution in [3.8, 4) is 0 Å². The number of rotatable bonds is 4. The first kappa shape index (κ1) is 24.6. The van der Waals surface area contributed by atoms with Gasteiger partial charge in [-0.15, -0.1) is 0 Å². The SMILES string of the molecule is [C-]#[N+]/C(C(=O)Nc1ccc(Cl)cc1)=C1/N=C(Nc2cccc(S(=O)(=O)[O-])c2)c2ccccc21.[NH2-]. The Kier molecular flexibility index (Phi) is 7.14. The van der Waals surface area contributed by atoms with Crippen LogP contribution in [0.2, 0.25) is 5.02 Å². The molecule has 4 N–H and O–H groups in total. The summed E-state index contributed by atoms with van der Waals surface area (Å²) < 4.78 is 34.0. The number of hydrogen-bond donors (Lipinski definition) is 2. The minimum absolute atomic E-state index is 0. The number of carbonyl (C=O) groups is 1. The summed E-state index contributed by atoms with van der Waals surface area (Å²) in [6.07, 6.45) is 0. The molecule has 0 unspecified atom stereocenters. The quantitative estimate of drug-likeness (QED) is 0.296. The maximum atomic E-state index is 12.8. The van der Waals surface area contributed by atoms with E-state index >= 15 is 0 Å². The van der Waals surface area contributed by atoms with E-state index in [9.17, 15) is 17.8 Å². The van der Waals surface area contributed by atoms with E-state index in [2.05, 4.69) is 20.5 Å². The average Bonchev–Trinajstić information content (AvgIpc) is 3.14. The second-order valence-electron chi connectivity index (χ2n) is 6.88. The molecular formula is C23H16ClN5O4S-2. The van der Waals surface area contributed by atoms with Gasteiger partial charge in [0.1, 0.15) is 16.0 Å². The predicted molar refractivity (Wildman–Crippen MR) is 130 cm³/mol. The largest absolute Gasteiger partial charge is 0.744 e. The molecule has 0 bridgehead atoms. The predicted octanol–water partition coefficient (Wildman–Crippen LogP) is 5.06. The van der Waals surface area contributed by atoms with E-state index in [1.807, 2.05) is 0 Å². The highest BCUT2D eigenvalue weighted by Crippen LogP contribution is 2.33. The van der Waals surface area contributed by atoms with Gasteiger partial charge >= 0.3 is 0 Å². The Balaban J connectivity index is 0.00000324. The van der Waals surface area contributed by atoms with Crippen LogP contribution in [-0.4, -0.2) is 24.7 Å². The molecule has 1 amide bonds. The highest BCUT2D eigenvalue weighted by atomic mass is 35.5. The first-order valence-electron chi connectivity index (χ1n) is 9.46. The molecule has 0 saturated heterocycles. The summed E-state index contributed by atoms with van der Waals surface area (Å²) in [5, 5.41) is 6.14. The fourth-order valence-electron chi connectivity index (χ4n) is 3.21. The molecule has 0 fully saturated rings. The van der Waals surface area contributed by atoms with Crippen LogP contribution < -0.4 is 10.6 Å². The van der Waals surface area contributed by atoms with Gasteiger partial charge in [-0.3, -0.25) is 4.79 Å². The van der Waals surface area contributed by atoms with Crippen molar-refractivity contribution < 1.29 is 17.8 Å². The van der Waals surface area contributed by atoms with Crippen LogP contribution in [0.1, 0.15) is 11.1 Å². The molecule has 1 heterocycles. The van der Waals surface area contributed by atoms with Crippen molar-refractivity contribution in [2.45, 2.75) is 4.90 Å². The molecule has 0 aromatic heterocycles. The zero-order valence-corrected chi connectivity index (χ0v) is 18.9. The molecule has 1 aliphatic rings. The van der Waals surface area contributed by atoms with E-state index in [0.717, 1.165) is 0 Å². The Morgan fingerprint density at radius 1 is 0.971 bits per heavy atom. The first-order chi connectivity index (χ1) is 15.8. The second kappa shape index (κ2) is 9.86. The van der Waals surface area contributed by atoms with Gasteiger partial charge < -0.3 is 21.3 Å². The van der Waals surface area contributed by atoms with Crippen LogP contribution in [0, 0.1) is 6.57 Å². The number of carbonyl (C=O) groups excluding carboxylic acids is 1. The van der Waals surface area contributed by atoms with E-state index in [-0.39, 0.29) is 22.4 Å². The summed E-state index contributed by atoms with van der Waals surface area (Å²) in [6.45, 7) is 7.57. The van der Waals surface area contributed by atoms with Gasteiger partial charge in [-0.05, 0) is 42.5 Å². The fourth-order valence-corrected chi connectivity index (χ4v) is 3.85. The molecular weight excluding hydrogens is 478 g/mol. The number of hydrogen-bond acceptors (Lipinski definition) is 6. The van der Waals surface area contributed by atoms with Gasteiger partial charge in [-0.2, -0.15) is 0 Å². The van der Waals surface area contributed by atoms with Crippen molar-refractivity contribution in [1.29, 1.82) is 0 Å². The lowest BCUT2D eigenvalue weighted by Crippen LogP contribution is -2.13. The lowest BCUT2D eigenvalue weighted by Gasteiger charge is -2.11. The molecule has 0 spiro atoms. The van der Waals surface area contributed by atoms with Crippen LogP contribution in [0.15, 0.2) is 88.4 Å². The standard InChI is InChI=1S/C23H15ClN4O4S.H2N/c1-25-21(23(29)27-15-11-9-14(24)10-12-15)20-18-7-2-3-8-19(18)22(28-20)26-16-5-4-6-17(13-16)33(30,31)32;/h2-13H,(H,26,28)(H,27,29)(H,30,31,32);1H2/q;-1/p-1/b21-20+;. The highest BCUT2D eigenvalue weighted by molar-refractivity contribution is 7.85. The Hall–Kier alpha value is -4.01. The zero-order valence-electron chi connectivity index (χ0n) is 17.3. The fraction of sp³-hybridized carbons (Fsp3) is 0. The molecule has 3 aromatic carbocycles. The third kappa shape index (κ3) is 5.14. The number of amidine groups is 1. The lowest BCUT2D eigenvalue weighted by atomic mass is 10.1. The molecule has 0 atom stereocenters. The van der Waals surface area contributed by atoms with E-state index < -0.39 is 16.0 Å². The summed E-state index contributed by atoms with van der Waals surface area (Å²) >= 11 is 5.87. The molecule has 0 aliphatic carbocycles. The molecule has 0 saturated carbocycles. The van der Waals surface area contributed by atoms with Crippen LogP contribution in [0.3, 0.4) is 0 Å². The van der Waals surface area contributed by atoms with Crippen molar-refractivity contribution in [2.75, 3.05) is 10.6 Å². The van der Waals surface area contributed by atoms with Crippen LogP contribution in [0.5, 0.6) is 0 Å². The van der Waals surface area contributed by atoms with Gasteiger partial charge in [-0.25, -0.2) is 18.3 Å². The van der Waals surface area contributed by atoms with Gasteiger partial charge in [0.2, 0.25) is 0 Å². The van der Waals surface area contributed by atoms with Crippen molar-refractivity contribution in [3.63, 3.8) is 0 Å². The second-order valence-corrected chi connectivity index (χ2v) is 8.70. The van der Waals surface area contributed by atoms with Crippen LogP contribution in [0.25, 0.3) is 16.7 Å². The first-order valence-corrected chi connectivity index (χ1v) is 11.2. The lowest BCUT2D eigenvalue weighted by molar-refractivity contribution is -0.112. The molecule has 11 heteroatoms. The van der Waals surface area contributed by atoms with Gasteiger partial charge in [0.25, 0.3) is 11.6 Å². The summed E-state index contributed by atoms with van der Waals surface area (Å²) in [4.78, 5) is 20.3. The average molecular weight is 494 g/mol. The van der Waals surface area contributed by atoms with Crippen molar-refractivity contribution >= 4 is 50.5 Å². The Morgan fingerprint density at radius 3 is 2.29 bits per heavy atom. The van der Waals surface area contributed by atoms with Crippen LogP contribution in [0.4, 0.5) is 11.4 Å². The third-order valence-corrected chi connectivity index (χ3v) is 5.78.